The van der Waals surface area contributed by atoms with Gasteiger partial charge in [0.1, 0.15) is 0 Å². The van der Waals surface area contributed by atoms with Crippen LogP contribution in [0.15, 0.2) is 4.99 Å². The van der Waals surface area contributed by atoms with Gasteiger partial charge in [-0.3, -0.25) is 4.99 Å². The van der Waals surface area contributed by atoms with Crippen molar-refractivity contribution in [1.29, 1.82) is 0 Å². The molecule has 3 heteroatoms. The highest BCUT2D eigenvalue weighted by atomic mass is 15.2. The van der Waals surface area contributed by atoms with Crippen molar-refractivity contribution in [3.63, 3.8) is 0 Å². The molecule has 3 nitrogen and oxygen atoms in total. The monoisotopic (exact) mass is 181 g/mol. The van der Waals surface area contributed by atoms with E-state index < -0.39 is 0 Å². The maximum Gasteiger partial charge on any atom is 0.0966 e. The predicted molar refractivity (Wildman–Crippen MR) is 54.8 cm³/mol. The number of nitrogens with two attached hydrogens (primary N) is 1. The van der Waals surface area contributed by atoms with E-state index in [9.17, 15) is 0 Å². The van der Waals surface area contributed by atoms with Crippen molar-refractivity contribution in [3.05, 3.63) is 0 Å². The molecule has 0 spiro atoms. The molecule has 2 atom stereocenters. The summed E-state index contributed by atoms with van der Waals surface area (Å²) in [6.07, 6.45) is 5.15. The Hall–Kier alpha value is -0.570. The van der Waals surface area contributed by atoms with Gasteiger partial charge in [0, 0.05) is 25.0 Å². The highest BCUT2D eigenvalue weighted by Crippen LogP contribution is 2.37. The third-order valence-electron chi connectivity index (χ3n) is 3.77. The molecule has 0 radical (unpaired) electrons. The Morgan fingerprint density at radius 1 is 1.31 bits per heavy atom. The van der Waals surface area contributed by atoms with Gasteiger partial charge in [-0.1, -0.05) is 0 Å². The fourth-order valence-corrected chi connectivity index (χ4v) is 2.84. The number of amidine groups is 1. The largest absolute Gasteiger partial charge is 0.387 e. The van der Waals surface area contributed by atoms with Crippen molar-refractivity contribution in [2.45, 2.75) is 37.8 Å². The van der Waals surface area contributed by atoms with Gasteiger partial charge in [0.25, 0.3) is 0 Å². The summed E-state index contributed by atoms with van der Waals surface area (Å²) >= 11 is 0. The Bertz CT molecular complexity index is 210. The maximum atomic E-state index is 5.88. The van der Waals surface area contributed by atoms with E-state index in [0.717, 1.165) is 17.9 Å². The summed E-state index contributed by atoms with van der Waals surface area (Å²) < 4.78 is 0. The number of nitrogens with zero attached hydrogens (tertiary/aromatic N) is 2. The van der Waals surface area contributed by atoms with E-state index in [1.807, 2.05) is 0 Å². The third kappa shape index (κ3) is 1.46. The Morgan fingerprint density at radius 2 is 1.85 bits per heavy atom. The van der Waals surface area contributed by atoms with Crippen molar-refractivity contribution in [3.8, 4) is 0 Å². The molecule has 0 saturated carbocycles. The summed E-state index contributed by atoms with van der Waals surface area (Å²) in [6.45, 7) is 0. The Balaban J connectivity index is 2.07. The van der Waals surface area contributed by atoms with Crippen molar-refractivity contribution < 1.29 is 0 Å². The van der Waals surface area contributed by atoms with Crippen LogP contribution in [0.25, 0.3) is 0 Å². The van der Waals surface area contributed by atoms with Crippen LogP contribution in [0.1, 0.15) is 25.7 Å². The molecule has 2 heterocycles. The van der Waals surface area contributed by atoms with E-state index in [1.54, 1.807) is 7.05 Å². The second-order valence-corrected chi connectivity index (χ2v) is 4.37. The van der Waals surface area contributed by atoms with Crippen LogP contribution in [0.4, 0.5) is 0 Å². The number of aliphatic imine (C=N–C) groups is 1. The molecule has 74 valence electrons. The van der Waals surface area contributed by atoms with Gasteiger partial charge in [0.15, 0.2) is 0 Å². The molecule has 0 aromatic heterocycles. The molecular weight excluding hydrogens is 162 g/mol. The van der Waals surface area contributed by atoms with E-state index >= 15 is 0 Å². The van der Waals surface area contributed by atoms with Crippen molar-refractivity contribution in [2.75, 3.05) is 14.1 Å². The molecule has 13 heavy (non-hydrogen) atoms. The van der Waals surface area contributed by atoms with E-state index in [2.05, 4.69) is 16.9 Å². The first-order chi connectivity index (χ1) is 6.22. The molecule has 0 aliphatic carbocycles. The van der Waals surface area contributed by atoms with Gasteiger partial charge in [0.05, 0.1) is 5.84 Å². The zero-order valence-electron chi connectivity index (χ0n) is 8.53. The standard InChI is InChI=1S/C10H19N3/c1-12-10(11)7-5-8-3-4-9(6-7)13(8)2/h7-9H,3-6H2,1-2H3,(H2,11,12). The number of fused-ring (bicyclic) bond motifs is 2. The molecule has 2 unspecified atom stereocenters. The Morgan fingerprint density at radius 3 is 2.31 bits per heavy atom. The SMILES string of the molecule is CN=C(N)C1CC2CCC(C1)N2C. The van der Waals surface area contributed by atoms with Crippen molar-refractivity contribution in [1.82, 2.24) is 4.90 Å². The summed E-state index contributed by atoms with van der Waals surface area (Å²) in [5.74, 6) is 1.42. The lowest BCUT2D eigenvalue weighted by atomic mass is 9.90. The van der Waals surface area contributed by atoms with Crippen molar-refractivity contribution in [2.24, 2.45) is 16.6 Å². The van der Waals surface area contributed by atoms with Gasteiger partial charge in [-0.2, -0.15) is 0 Å². The quantitative estimate of drug-likeness (QED) is 0.481. The van der Waals surface area contributed by atoms with Crippen LogP contribution in [0.2, 0.25) is 0 Å². The van der Waals surface area contributed by atoms with Crippen molar-refractivity contribution >= 4 is 5.84 Å². The van der Waals surface area contributed by atoms with Gasteiger partial charge in [-0.25, -0.2) is 0 Å². The lowest BCUT2D eigenvalue weighted by Crippen LogP contribution is -2.43. The topological polar surface area (TPSA) is 41.6 Å². The maximum absolute atomic E-state index is 5.88. The minimum Gasteiger partial charge on any atom is -0.387 e. The van der Waals surface area contributed by atoms with Crippen LogP contribution in [0.5, 0.6) is 0 Å². The average molecular weight is 181 g/mol. The minimum atomic E-state index is 0.554. The van der Waals surface area contributed by atoms with E-state index in [1.165, 1.54) is 25.7 Å². The molecule has 2 aliphatic rings. The van der Waals surface area contributed by atoms with Crippen LogP contribution in [0.3, 0.4) is 0 Å². The Kier molecular flexibility index (Phi) is 2.28. The van der Waals surface area contributed by atoms with E-state index in [4.69, 9.17) is 5.73 Å². The van der Waals surface area contributed by atoms with Crippen LogP contribution in [-0.2, 0) is 0 Å². The fraction of sp³-hybridized carbons (Fsp3) is 0.900. The zero-order valence-corrected chi connectivity index (χ0v) is 8.53. The summed E-state index contributed by atoms with van der Waals surface area (Å²) in [6, 6.07) is 1.54. The van der Waals surface area contributed by atoms with Crippen LogP contribution in [0, 0.1) is 5.92 Å². The highest BCUT2D eigenvalue weighted by molar-refractivity contribution is 5.82. The predicted octanol–water partition coefficient (Wildman–Crippen LogP) is 0.846. The number of piperidine rings is 1. The van der Waals surface area contributed by atoms with Crippen LogP contribution < -0.4 is 5.73 Å². The van der Waals surface area contributed by atoms with Gasteiger partial charge in [0.2, 0.25) is 0 Å². The minimum absolute atomic E-state index is 0.554. The number of rotatable bonds is 1. The lowest BCUT2D eigenvalue weighted by molar-refractivity contribution is 0.158. The fourth-order valence-electron chi connectivity index (χ4n) is 2.84. The van der Waals surface area contributed by atoms with Crippen LogP contribution >= 0.6 is 0 Å². The second kappa shape index (κ2) is 3.29. The van der Waals surface area contributed by atoms with Crippen LogP contribution in [-0.4, -0.2) is 36.9 Å². The molecule has 0 aromatic rings. The van der Waals surface area contributed by atoms with Gasteiger partial charge < -0.3 is 10.6 Å². The number of hydrogen-bond donors (Lipinski definition) is 1. The molecule has 2 fully saturated rings. The van der Waals surface area contributed by atoms with Gasteiger partial charge in [-0.05, 0) is 32.7 Å². The molecule has 2 saturated heterocycles. The molecule has 0 amide bonds. The van der Waals surface area contributed by atoms with E-state index in [-0.39, 0.29) is 0 Å². The van der Waals surface area contributed by atoms with E-state index in [0.29, 0.717) is 5.92 Å². The second-order valence-electron chi connectivity index (χ2n) is 4.37. The Labute approximate surface area is 80.0 Å². The molecule has 2 bridgehead atoms. The third-order valence-corrected chi connectivity index (χ3v) is 3.77. The smallest absolute Gasteiger partial charge is 0.0966 e. The molecular formula is C10H19N3. The first-order valence-corrected chi connectivity index (χ1v) is 5.16. The molecule has 2 rings (SSSR count). The lowest BCUT2D eigenvalue weighted by Gasteiger charge is -2.35. The highest BCUT2D eigenvalue weighted by Gasteiger charge is 2.39. The number of hydrogen-bond acceptors (Lipinski definition) is 2. The molecule has 2 aliphatic heterocycles. The summed E-state index contributed by atoms with van der Waals surface area (Å²) in [5, 5.41) is 0. The first-order valence-electron chi connectivity index (χ1n) is 5.16. The summed E-state index contributed by atoms with van der Waals surface area (Å²) in [5.41, 5.74) is 5.88. The summed E-state index contributed by atoms with van der Waals surface area (Å²) in [4.78, 5) is 6.64. The average Bonchev–Trinajstić information content (AvgIpc) is 2.42. The van der Waals surface area contributed by atoms with Gasteiger partial charge in [-0.15, -0.1) is 0 Å². The first kappa shape index (κ1) is 9.00. The zero-order chi connectivity index (χ0) is 9.42. The molecule has 2 N–H and O–H groups in total. The normalized spacial score (nSPS) is 41.1. The van der Waals surface area contributed by atoms with Gasteiger partial charge >= 0.3 is 0 Å². The summed E-state index contributed by atoms with van der Waals surface area (Å²) in [7, 11) is 4.05. The molecule has 0 aromatic carbocycles.